The Morgan fingerprint density at radius 2 is 2.00 bits per heavy atom. The molecule has 0 unspecified atom stereocenters. The van der Waals surface area contributed by atoms with Crippen LogP contribution in [0.2, 0.25) is 18.1 Å². The highest BCUT2D eigenvalue weighted by atomic mass is 28.4. The van der Waals surface area contributed by atoms with Crippen molar-refractivity contribution in [1.29, 1.82) is 0 Å². The van der Waals surface area contributed by atoms with Crippen molar-refractivity contribution in [2.45, 2.75) is 57.7 Å². The maximum Gasteiger partial charge on any atom is 0.192 e. The fourth-order valence-corrected chi connectivity index (χ4v) is 2.47. The van der Waals surface area contributed by atoms with Gasteiger partial charge in [0.2, 0.25) is 0 Å². The summed E-state index contributed by atoms with van der Waals surface area (Å²) in [5.74, 6) is 0. The van der Waals surface area contributed by atoms with E-state index in [1.54, 1.807) is 7.11 Å². The summed E-state index contributed by atoms with van der Waals surface area (Å²) in [5.41, 5.74) is 1.08. The minimum absolute atomic E-state index is 0.00549. The highest BCUT2D eigenvalue weighted by molar-refractivity contribution is 6.74. The third-order valence-corrected chi connectivity index (χ3v) is 8.37. The summed E-state index contributed by atoms with van der Waals surface area (Å²) < 4.78 is 17.0. The Morgan fingerprint density at radius 1 is 1.41 bits per heavy atom. The zero-order valence-corrected chi connectivity index (χ0v) is 13.0. The van der Waals surface area contributed by atoms with E-state index in [9.17, 15) is 0 Å². The molecule has 0 aromatic heterocycles. The standard InChI is InChI=1S/C13H26O3Si/c1-10-8-12(14-5)16-11(10)9-15-17(6,7)13(2,3)4/h11-12H,1,8-9H2,2-7H3/t11-,12-/m0/s1. The summed E-state index contributed by atoms with van der Waals surface area (Å²) >= 11 is 0. The molecule has 0 bridgehead atoms. The molecule has 0 spiro atoms. The van der Waals surface area contributed by atoms with Crippen LogP contribution in [0.3, 0.4) is 0 Å². The van der Waals surface area contributed by atoms with Crippen LogP contribution in [0.25, 0.3) is 0 Å². The van der Waals surface area contributed by atoms with Gasteiger partial charge in [-0.2, -0.15) is 0 Å². The first-order valence-electron chi connectivity index (χ1n) is 6.17. The highest BCUT2D eigenvalue weighted by Gasteiger charge is 2.39. The van der Waals surface area contributed by atoms with Crippen LogP contribution in [-0.2, 0) is 13.9 Å². The Kier molecular flexibility index (Phi) is 4.58. The van der Waals surface area contributed by atoms with Gasteiger partial charge in [-0.25, -0.2) is 0 Å². The Balaban J connectivity index is 2.49. The molecule has 17 heavy (non-hydrogen) atoms. The maximum atomic E-state index is 6.14. The van der Waals surface area contributed by atoms with Gasteiger partial charge >= 0.3 is 0 Å². The molecule has 1 saturated heterocycles. The number of hydrogen-bond acceptors (Lipinski definition) is 3. The van der Waals surface area contributed by atoms with Crippen LogP contribution in [0.4, 0.5) is 0 Å². The molecule has 0 aromatic carbocycles. The average molecular weight is 258 g/mol. The predicted octanol–water partition coefficient (Wildman–Crippen LogP) is 3.33. The van der Waals surface area contributed by atoms with Crippen molar-refractivity contribution in [1.82, 2.24) is 0 Å². The van der Waals surface area contributed by atoms with Gasteiger partial charge in [0.05, 0.1) is 6.61 Å². The van der Waals surface area contributed by atoms with E-state index in [1.807, 2.05) is 0 Å². The minimum Gasteiger partial charge on any atom is -0.414 e. The minimum atomic E-state index is -1.70. The fraction of sp³-hybridized carbons (Fsp3) is 0.846. The van der Waals surface area contributed by atoms with Crippen molar-refractivity contribution >= 4 is 8.32 Å². The molecule has 0 radical (unpaired) electrons. The summed E-state index contributed by atoms with van der Waals surface area (Å²) in [6, 6.07) is 0. The van der Waals surface area contributed by atoms with Gasteiger partial charge in [0, 0.05) is 13.5 Å². The molecule has 1 aliphatic heterocycles. The average Bonchev–Trinajstić information content (AvgIpc) is 2.55. The molecule has 1 aliphatic rings. The zero-order valence-electron chi connectivity index (χ0n) is 12.0. The second-order valence-electron chi connectivity index (χ2n) is 6.22. The van der Waals surface area contributed by atoms with Crippen LogP contribution in [0.15, 0.2) is 12.2 Å². The van der Waals surface area contributed by atoms with Gasteiger partial charge in [0.1, 0.15) is 6.10 Å². The molecule has 0 N–H and O–H groups in total. The Hall–Kier alpha value is -0.163. The highest BCUT2D eigenvalue weighted by Crippen LogP contribution is 2.37. The molecule has 3 nitrogen and oxygen atoms in total. The summed E-state index contributed by atoms with van der Waals surface area (Å²) in [7, 11) is -0.0344. The van der Waals surface area contributed by atoms with Gasteiger partial charge < -0.3 is 13.9 Å². The van der Waals surface area contributed by atoms with Crippen LogP contribution in [0, 0.1) is 0 Å². The zero-order chi connectivity index (χ0) is 13.3. The van der Waals surface area contributed by atoms with E-state index in [2.05, 4.69) is 40.4 Å². The second kappa shape index (κ2) is 5.22. The van der Waals surface area contributed by atoms with E-state index in [0.717, 1.165) is 12.0 Å². The van der Waals surface area contributed by atoms with Crippen molar-refractivity contribution < 1.29 is 13.9 Å². The SMILES string of the molecule is C=C1C[C@@H](OC)O[C@H]1CO[Si](C)(C)C(C)(C)C. The lowest BCUT2D eigenvalue weighted by atomic mass is 10.1. The molecule has 0 aromatic rings. The topological polar surface area (TPSA) is 27.7 Å². The van der Waals surface area contributed by atoms with Crippen LogP contribution in [0.1, 0.15) is 27.2 Å². The molecule has 2 atom stereocenters. The van der Waals surface area contributed by atoms with Crippen molar-refractivity contribution in [2.75, 3.05) is 13.7 Å². The van der Waals surface area contributed by atoms with Gasteiger partial charge in [-0.3, -0.25) is 0 Å². The lowest BCUT2D eigenvalue weighted by Crippen LogP contribution is -2.42. The molecular weight excluding hydrogens is 232 g/mol. The van der Waals surface area contributed by atoms with Crippen molar-refractivity contribution in [3.05, 3.63) is 12.2 Å². The Labute approximate surface area is 106 Å². The molecular formula is C13H26O3Si. The van der Waals surface area contributed by atoms with E-state index in [4.69, 9.17) is 13.9 Å². The predicted molar refractivity (Wildman–Crippen MR) is 72.6 cm³/mol. The fourth-order valence-electron chi connectivity index (χ4n) is 1.47. The summed E-state index contributed by atoms with van der Waals surface area (Å²) in [4.78, 5) is 0. The molecule has 4 heteroatoms. The summed E-state index contributed by atoms with van der Waals surface area (Å²) in [6.45, 7) is 15.8. The van der Waals surface area contributed by atoms with E-state index >= 15 is 0 Å². The van der Waals surface area contributed by atoms with E-state index < -0.39 is 8.32 Å². The second-order valence-corrected chi connectivity index (χ2v) is 11.0. The third kappa shape index (κ3) is 3.65. The van der Waals surface area contributed by atoms with Crippen LogP contribution in [-0.4, -0.2) is 34.4 Å². The van der Waals surface area contributed by atoms with Gasteiger partial charge in [0.15, 0.2) is 14.6 Å². The summed E-state index contributed by atoms with van der Waals surface area (Å²) in [5, 5.41) is 0.230. The normalized spacial score (nSPS) is 26.6. The first-order valence-corrected chi connectivity index (χ1v) is 9.08. The summed E-state index contributed by atoms with van der Waals surface area (Å²) in [6.07, 6.45) is 0.631. The lowest BCUT2D eigenvalue weighted by molar-refractivity contribution is -0.120. The van der Waals surface area contributed by atoms with E-state index in [1.165, 1.54) is 0 Å². The van der Waals surface area contributed by atoms with E-state index in [0.29, 0.717) is 6.61 Å². The first kappa shape index (κ1) is 14.9. The van der Waals surface area contributed by atoms with Crippen molar-refractivity contribution in [3.63, 3.8) is 0 Å². The molecule has 1 heterocycles. The van der Waals surface area contributed by atoms with Crippen LogP contribution in [0.5, 0.6) is 0 Å². The van der Waals surface area contributed by atoms with E-state index in [-0.39, 0.29) is 17.4 Å². The molecule has 0 aliphatic carbocycles. The quantitative estimate of drug-likeness (QED) is 0.572. The maximum absolute atomic E-state index is 6.14. The van der Waals surface area contributed by atoms with Crippen LogP contribution >= 0.6 is 0 Å². The monoisotopic (exact) mass is 258 g/mol. The lowest BCUT2D eigenvalue weighted by Gasteiger charge is -2.36. The number of hydrogen-bond donors (Lipinski definition) is 0. The van der Waals surface area contributed by atoms with Crippen molar-refractivity contribution in [2.24, 2.45) is 0 Å². The number of methoxy groups -OCH3 is 1. The molecule has 1 rings (SSSR count). The van der Waals surface area contributed by atoms with Gasteiger partial charge in [-0.1, -0.05) is 27.4 Å². The smallest absolute Gasteiger partial charge is 0.192 e. The molecule has 1 fully saturated rings. The molecule has 0 saturated carbocycles. The largest absolute Gasteiger partial charge is 0.414 e. The number of rotatable bonds is 4. The Bertz CT molecular complexity index is 281. The third-order valence-electron chi connectivity index (χ3n) is 3.86. The molecule has 100 valence electrons. The first-order chi connectivity index (χ1) is 7.67. The van der Waals surface area contributed by atoms with Crippen molar-refractivity contribution in [3.8, 4) is 0 Å². The number of ether oxygens (including phenoxy) is 2. The van der Waals surface area contributed by atoms with Gasteiger partial charge in [-0.15, -0.1) is 0 Å². The Morgan fingerprint density at radius 3 is 2.41 bits per heavy atom. The van der Waals surface area contributed by atoms with Gasteiger partial charge in [-0.05, 0) is 23.7 Å². The van der Waals surface area contributed by atoms with Gasteiger partial charge in [0.25, 0.3) is 0 Å². The van der Waals surface area contributed by atoms with Crippen LogP contribution < -0.4 is 0 Å². The molecule has 0 amide bonds.